The molecule has 14 heteroatoms. The molecule has 0 fully saturated rings. The summed E-state index contributed by atoms with van der Waals surface area (Å²) in [5.41, 5.74) is 5.81. The van der Waals surface area contributed by atoms with Gasteiger partial charge in [-0.3, -0.25) is 24.0 Å². The van der Waals surface area contributed by atoms with Gasteiger partial charge in [0.1, 0.15) is 24.4 Å². The Bertz CT molecular complexity index is 751. The summed E-state index contributed by atoms with van der Waals surface area (Å²) in [4.78, 5) is 71.6. The number of thioether (sulfide) groups is 1. The van der Waals surface area contributed by atoms with Crippen molar-refractivity contribution >= 4 is 47.6 Å². The minimum absolute atomic E-state index is 0.141. The van der Waals surface area contributed by atoms with Crippen LogP contribution in [0.3, 0.4) is 0 Å². The lowest BCUT2D eigenvalue weighted by atomic mass is 10.0. The molecule has 0 aliphatic carbocycles. The summed E-state index contributed by atoms with van der Waals surface area (Å²) in [5.74, 6) is -3.59. The lowest BCUT2D eigenvalue weighted by Gasteiger charge is -2.24. The van der Waals surface area contributed by atoms with E-state index in [1.54, 1.807) is 6.26 Å². The first-order chi connectivity index (χ1) is 16.4. The van der Waals surface area contributed by atoms with Gasteiger partial charge in [0.05, 0.1) is 25.1 Å². The molecule has 8 N–H and O–H groups in total. The quantitative estimate of drug-likeness (QED) is 0.102. The van der Waals surface area contributed by atoms with Crippen LogP contribution in [-0.4, -0.2) is 94.9 Å². The van der Waals surface area contributed by atoms with E-state index >= 15 is 0 Å². The largest absolute Gasteiger partial charge is 0.481 e. The highest BCUT2D eigenvalue weighted by Crippen LogP contribution is 2.05. The third kappa shape index (κ3) is 13.1. The zero-order chi connectivity index (χ0) is 27.1. The van der Waals surface area contributed by atoms with E-state index < -0.39 is 72.8 Å². The number of aliphatic hydroxyl groups is 1. The van der Waals surface area contributed by atoms with Gasteiger partial charge >= 0.3 is 5.97 Å². The molecule has 0 saturated heterocycles. The van der Waals surface area contributed by atoms with Gasteiger partial charge in [0.15, 0.2) is 0 Å². The maximum atomic E-state index is 12.7. The predicted molar refractivity (Wildman–Crippen MR) is 129 cm³/mol. The van der Waals surface area contributed by atoms with Crippen LogP contribution in [0.2, 0.25) is 0 Å². The smallest absolute Gasteiger partial charge is 0.305 e. The summed E-state index contributed by atoms with van der Waals surface area (Å²) in [6.07, 6.45) is 2.02. The molecule has 0 aromatic rings. The molecule has 13 nitrogen and oxygen atoms in total. The van der Waals surface area contributed by atoms with Crippen molar-refractivity contribution in [2.24, 2.45) is 11.7 Å². The Morgan fingerprint density at radius 1 is 0.914 bits per heavy atom. The molecular weight excluding hydrogens is 482 g/mol. The number of aliphatic hydroxyl groups excluding tert-OH is 1. The molecule has 0 heterocycles. The molecule has 0 unspecified atom stereocenters. The van der Waals surface area contributed by atoms with Gasteiger partial charge in [0, 0.05) is 0 Å². The maximum absolute atomic E-state index is 12.7. The maximum Gasteiger partial charge on any atom is 0.305 e. The zero-order valence-electron chi connectivity index (χ0n) is 20.4. The highest BCUT2D eigenvalue weighted by molar-refractivity contribution is 7.98. The summed E-state index contributed by atoms with van der Waals surface area (Å²) in [7, 11) is 0. The minimum atomic E-state index is -1.34. The molecule has 0 rings (SSSR count). The number of carboxylic acids is 1. The molecule has 0 bridgehead atoms. The first-order valence-electron chi connectivity index (χ1n) is 11.1. The first-order valence-corrected chi connectivity index (χ1v) is 12.5. The number of amides is 4. The van der Waals surface area contributed by atoms with Crippen LogP contribution in [0, 0.1) is 5.92 Å². The molecule has 35 heavy (non-hydrogen) atoms. The van der Waals surface area contributed by atoms with Crippen LogP contribution in [0.4, 0.5) is 0 Å². The van der Waals surface area contributed by atoms with Crippen molar-refractivity contribution in [3.05, 3.63) is 0 Å². The number of carbonyl (C=O) groups is 6. The Morgan fingerprint density at radius 2 is 1.49 bits per heavy atom. The summed E-state index contributed by atoms with van der Waals surface area (Å²) in [5, 5.41) is 27.8. The van der Waals surface area contributed by atoms with Gasteiger partial charge in [-0.1, -0.05) is 13.8 Å². The number of hydrogen-bond acceptors (Lipinski definition) is 9. The second-order valence-corrected chi connectivity index (χ2v) is 9.39. The van der Waals surface area contributed by atoms with E-state index in [2.05, 4.69) is 21.3 Å². The average molecular weight is 520 g/mol. The Morgan fingerprint density at radius 3 is 1.97 bits per heavy atom. The number of aldehydes is 1. The lowest BCUT2D eigenvalue weighted by Crippen LogP contribution is -2.58. The molecule has 0 aliphatic rings. The van der Waals surface area contributed by atoms with Crippen molar-refractivity contribution in [1.82, 2.24) is 21.3 Å². The van der Waals surface area contributed by atoms with E-state index in [0.717, 1.165) is 0 Å². The predicted octanol–water partition coefficient (Wildman–Crippen LogP) is -2.26. The molecule has 4 amide bonds. The van der Waals surface area contributed by atoms with Crippen LogP contribution in [0.1, 0.15) is 40.0 Å². The van der Waals surface area contributed by atoms with E-state index in [-0.39, 0.29) is 18.6 Å². The molecular formula is C21H37N5O8S. The fraction of sp³-hybridized carbons (Fsp3) is 0.714. The Labute approximate surface area is 208 Å². The number of nitrogens with two attached hydrogens (primary N) is 1. The molecule has 0 radical (unpaired) electrons. The topological polar surface area (TPSA) is 217 Å². The van der Waals surface area contributed by atoms with Crippen molar-refractivity contribution in [3.63, 3.8) is 0 Å². The van der Waals surface area contributed by atoms with Gasteiger partial charge in [0.25, 0.3) is 0 Å². The van der Waals surface area contributed by atoms with E-state index in [0.29, 0.717) is 12.2 Å². The zero-order valence-corrected chi connectivity index (χ0v) is 21.2. The minimum Gasteiger partial charge on any atom is -0.481 e. The Hall–Kier alpha value is -2.71. The van der Waals surface area contributed by atoms with Crippen molar-refractivity contribution in [2.75, 3.05) is 18.6 Å². The molecule has 200 valence electrons. The Balaban J connectivity index is 5.19. The second kappa shape index (κ2) is 16.8. The number of carbonyl (C=O) groups excluding carboxylic acids is 5. The van der Waals surface area contributed by atoms with Gasteiger partial charge in [-0.05, 0) is 37.7 Å². The van der Waals surface area contributed by atoms with Crippen LogP contribution in [0.25, 0.3) is 0 Å². The average Bonchev–Trinajstić information content (AvgIpc) is 2.78. The Kier molecular flexibility index (Phi) is 15.5. The molecule has 0 spiro atoms. The molecule has 5 atom stereocenters. The van der Waals surface area contributed by atoms with E-state index in [1.807, 2.05) is 13.8 Å². The third-order valence-corrected chi connectivity index (χ3v) is 5.40. The van der Waals surface area contributed by atoms with Crippen LogP contribution in [0.5, 0.6) is 0 Å². The number of aliphatic carboxylic acids is 1. The van der Waals surface area contributed by atoms with Crippen LogP contribution < -0.4 is 27.0 Å². The van der Waals surface area contributed by atoms with Crippen LogP contribution in [-0.2, 0) is 28.8 Å². The van der Waals surface area contributed by atoms with Crippen molar-refractivity contribution in [1.29, 1.82) is 0 Å². The monoisotopic (exact) mass is 519 g/mol. The van der Waals surface area contributed by atoms with E-state index in [4.69, 9.17) is 10.8 Å². The number of carboxylic acid groups (broad SMARTS) is 1. The van der Waals surface area contributed by atoms with Gasteiger partial charge in [-0.15, -0.1) is 0 Å². The van der Waals surface area contributed by atoms with Gasteiger partial charge < -0.3 is 42.0 Å². The third-order valence-electron chi connectivity index (χ3n) is 4.76. The molecule has 0 aromatic carbocycles. The van der Waals surface area contributed by atoms with Crippen molar-refractivity contribution in [3.8, 4) is 0 Å². The molecule has 0 aromatic heterocycles. The molecule has 0 aliphatic heterocycles. The fourth-order valence-corrected chi connectivity index (χ4v) is 3.34. The summed E-state index contributed by atoms with van der Waals surface area (Å²) in [6, 6.07) is -5.71. The highest BCUT2D eigenvalue weighted by Gasteiger charge is 2.29. The number of nitrogens with one attached hydrogen (secondary N) is 4. The number of rotatable bonds is 17. The van der Waals surface area contributed by atoms with Crippen molar-refractivity contribution in [2.45, 2.75) is 70.2 Å². The second-order valence-electron chi connectivity index (χ2n) is 8.40. The number of hydrogen-bond donors (Lipinski definition) is 7. The van der Waals surface area contributed by atoms with Gasteiger partial charge in [-0.2, -0.15) is 11.8 Å². The standard InChI is InChI=1S/C21H37N5O8S/c1-11(2)7-14(22)19(32)26-16(10-28)21(34)25-15(5-6-35-4)20(33)23-12(3)18(31)24-13(9-27)8-17(29)30/h9,11-16,28H,5-8,10,22H2,1-4H3,(H,23,33)(H,24,31)(H,25,34)(H,26,32)(H,29,30)/t12-,13-,14-,15-,16-/m0/s1. The first kappa shape index (κ1) is 32.3. The van der Waals surface area contributed by atoms with Gasteiger partial charge in [-0.25, -0.2) is 0 Å². The van der Waals surface area contributed by atoms with Crippen LogP contribution in [0.15, 0.2) is 0 Å². The highest BCUT2D eigenvalue weighted by atomic mass is 32.2. The van der Waals surface area contributed by atoms with Gasteiger partial charge in [0.2, 0.25) is 23.6 Å². The van der Waals surface area contributed by atoms with E-state index in [1.165, 1.54) is 18.7 Å². The lowest BCUT2D eigenvalue weighted by molar-refractivity contribution is -0.139. The summed E-state index contributed by atoms with van der Waals surface area (Å²) in [6.45, 7) is 4.37. The SMILES string of the molecule is CSCC[C@H](NC(=O)[C@H](CO)NC(=O)[C@@H](N)CC(C)C)C(=O)N[C@@H](C)C(=O)N[C@H](C=O)CC(=O)O. The fourth-order valence-electron chi connectivity index (χ4n) is 2.87. The van der Waals surface area contributed by atoms with Crippen LogP contribution >= 0.6 is 11.8 Å². The normalized spacial score (nSPS) is 15.2. The van der Waals surface area contributed by atoms with Crippen molar-refractivity contribution < 1.29 is 39.0 Å². The van der Waals surface area contributed by atoms with E-state index in [9.17, 15) is 33.9 Å². The summed E-state index contributed by atoms with van der Waals surface area (Å²) < 4.78 is 0. The molecule has 0 saturated carbocycles. The summed E-state index contributed by atoms with van der Waals surface area (Å²) >= 11 is 1.41.